The second-order valence-electron chi connectivity index (χ2n) is 6.09. The summed E-state index contributed by atoms with van der Waals surface area (Å²) in [6.45, 7) is -0.680. The van der Waals surface area contributed by atoms with Gasteiger partial charge in [-0.3, -0.25) is 4.99 Å². The highest BCUT2D eigenvalue weighted by atomic mass is 16.9. The Morgan fingerprint density at radius 1 is 1.29 bits per heavy atom. The lowest BCUT2D eigenvalue weighted by atomic mass is 9.55. The number of nitrogens with two attached hydrogens (primary N) is 1. The summed E-state index contributed by atoms with van der Waals surface area (Å²) < 4.78 is 10.4. The summed E-state index contributed by atoms with van der Waals surface area (Å²) in [6, 6.07) is 0. The molecule has 2 unspecified atom stereocenters. The molecule has 118 valence electrons. The maximum atomic E-state index is 10.6. The largest absolute Gasteiger partial charge is 0.393 e. The Kier molecular flexibility index (Phi) is 2.38. The van der Waals surface area contributed by atoms with Gasteiger partial charge in [-0.25, -0.2) is 0 Å². The van der Waals surface area contributed by atoms with Crippen molar-refractivity contribution in [1.82, 2.24) is 5.32 Å². The van der Waals surface area contributed by atoms with Crippen LogP contribution in [0.5, 0.6) is 0 Å². The van der Waals surface area contributed by atoms with Gasteiger partial charge in [-0.05, 0) is 0 Å². The van der Waals surface area contributed by atoms with E-state index in [0.717, 1.165) is 0 Å². The van der Waals surface area contributed by atoms with Crippen molar-refractivity contribution in [3.05, 3.63) is 0 Å². The summed E-state index contributed by atoms with van der Waals surface area (Å²) in [5, 5.41) is 54.2. The Labute approximate surface area is 118 Å². The molecule has 0 aromatic heterocycles. The van der Waals surface area contributed by atoms with Crippen molar-refractivity contribution in [3.8, 4) is 0 Å². The van der Waals surface area contributed by atoms with Crippen molar-refractivity contribution in [3.63, 3.8) is 0 Å². The van der Waals surface area contributed by atoms with Gasteiger partial charge in [0, 0.05) is 5.92 Å². The third-order valence-electron chi connectivity index (χ3n) is 5.19. The second kappa shape index (κ2) is 3.66. The summed E-state index contributed by atoms with van der Waals surface area (Å²) >= 11 is 0. The monoisotopic (exact) mass is 303 g/mol. The molecule has 0 aromatic carbocycles. The normalized spacial score (nSPS) is 61.2. The molecule has 4 heterocycles. The Morgan fingerprint density at radius 2 is 1.95 bits per heavy atom. The fourth-order valence-electron chi connectivity index (χ4n) is 4.16. The number of ether oxygens (including phenoxy) is 2. The van der Waals surface area contributed by atoms with Crippen LogP contribution in [-0.2, 0) is 9.47 Å². The third kappa shape index (κ3) is 1.26. The number of nitrogens with one attached hydrogen (secondary N) is 1. The molecule has 10 nitrogen and oxygen atoms in total. The quantitative estimate of drug-likeness (QED) is 0.251. The van der Waals surface area contributed by atoms with Crippen LogP contribution in [-0.4, -0.2) is 86.2 Å². The first-order valence-electron chi connectivity index (χ1n) is 6.65. The molecule has 8 atom stereocenters. The van der Waals surface area contributed by atoms with E-state index < -0.39 is 54.1 Å². The average molecular weight is 303 g/mol. The standard InChI is InChI=1S/C11H17N3O7/c12-8-13-1-3-5-9(18,2-15)6-4(16)10(3,14-8)7(17)11(19,20-5)21-6/h3-7,15-19H,1-2H2,(H3,12,13,14)/t3-,4?,5+,6+,7-,9+,10?,11-/m0/s1. The van der Waals surface area contributed by atoms with Crippen LogP contribution in [0.15, 0.2) is 4.99 Å². The molecular weight excluding hydrogens is 286 g/mol. The zero-order valence-electron chi connectivity index (χ0n) is 10.9. The van der Waals surface area contributed by atoms with Crippen molar-refractivity contribution in [2.75, 3.05) is 13.2 Å². The van der Waals surface area contributed by atoms with E-state index in [4.69, 9.17) is 15.2 Å². The molecule has 1 aliphatic carbocycles. The van der Waals surface area contributed by atoms with E-state index >= 15 is 0 Å². The Bertz CT molecular complexity index is 532. The summed E-state index contributed by atoms with van der Waals surface area (Å²) in [6.07, 6.45) is -5.49. The first-order chi connectivity index (χ1) is 9.79. The Balaban J connectivity index is 1.92. The SMILES string of the molecule is NC1=NC[C@H]2[C@H]3O[C@]4(O)O[C@H](C(O)C2(N1)[C@@H]4O)[C@@]3(O)CO. The molecule has 0 aromatic rings. The zero-order chi connectivity index (χ0) is 15.2. The van der Waals surface area contributed by atoms with Gasteiger partial charge in [0.25, 0.3) is 0 Å². The van der Waals surface area contributed by atoms with Crippen molar-refractivity contribution in [2.45, 2.75) is 41.5 Å². The van der Waals surface area contributed by atoms with Crippen molar-refractivity contribution < 1.29 is 35.0 Å². The highest BCUT2D eigenvalue weighted by Crippen LogP contribution is 2.57. The van der Waals surface area contributed by atoms with Crippen LogP contribution in [0.3, 0.4) is 0 Å². The number of nitrogens with zero attached hydrogens (tertiary/aromatic N) is 1. The molecule has 10 heteroatoms. The van der Waals surface area contributed by atoms with Gasteiger partial charge in [0.05, 0.1) is 13.2 Å². The maximum absolute atomic E-state index is 10.6. The molecule has 5 aliphatic rings. The Hall–Kier alpha value is -1.01. The summed E-state index contributed by atoms with van der Waals surface area (Å²) in [7, 11) is 0. The van der Waals surface area contributed by atoms with E-state index in [1.807, 2.05) is 0 Å². The van der Waals surface area contributed by atoms with E-state index in [1.165, 1.54) is 0 Å². The molecule has 3 saturated heterocycles. The summed E-state index contributed by atoms with van der Waals surface area (Å²) in [5.74, 6) is -3.09. The van der Waals surface area contributed by atoms with Crippen LogP contribution in [0.4, 0.5) is 0 Å². The molecule has 4 fully saturated rings. The number of hydrogen-bond acceptors (Lipinski definition) is 10. The fraction of sp³-hybridized carbons (Fsp3) is 0.909. The van der Waals surface area contributed by atoms with Crippen LogP contribution >= 0.6 is 0 Å². The summed E-state index contributed by atoms with van der Waals surface area (Å²) in [5.41, 5.74) is 2.26. The third-order valence-corrected chi connectivity index (χ3v) is 5.19. The van der Waals surface area contributed by atoms with E-state index in [0.29, 0.717) is 0 Å². The number of hydrogen-bond donors (Lipinski definition) is 7. The number of aliphatic hydroxyl groups excluding tert-OH is 3. The molecule has 0 radical (unpaired) electrons. The minimum absolute atomic E-state index is 0.00226. The van der Waals surface area contributed by atoms with E-state index in [1.54, 1.807) is 0 Å². The van der Waals surface area contributed by atoms with E-state index in [9.17, 15) is 25.5 Å². The van der Waals surface area contributed by atoms with E-state index in [-0.39, 0.29) is 12.5 Å². The van der Waals surface area contributed by atoms with Gasteiger partial charge in [0.15, 0.2) is 12.1 Å². The molecule has 1 spiro atoms. The number of aliphatic hydroxyl groups is 5. The topological polar surface area (TPSA) is 170 Å². The average Bonchev–Trinajstić information content (AvgIpc) is 2.45. The van der Waals surface area contributed by atoms with Crippen LogP contribution < -0.4 is 11.1 Å². The van der Waals surface area contributed by atoms with Crippen molar-refractivity contribution in [1.29, 1.82) is 0 Å². The molecule has 21 heavy (non-hydrogen) atoms. The van der Waals surface area contributed by atoms with Crippen LogP contribution in [0.1, 0.15) is 0 Å². The first kappa shape index (κ1) is 13.6. The van der Waals surface area contributed by atoms with E-state index in [2.05, 4.69) is 10.3 Å². The number of rotatable bonds is 1. The maximum Gasteiger partial charge on any atom is 0.311 e. The molecule has 0 amide bonds. The summed E-state index contributed by atoms with van der Waals surface area (Å²) in [4.78, 5) is 3.99. The van der Waals surface area contributed by atoms with Gasteiger partial charge in [0.1, 0.15) is 29.5 Å². The predicted molar refractivity (Wildman–Crippen MR) is 64.6 cm³/mol. The minimum atomic E-state index is -2.39. The lowest BCUT2D eigenvalue weighted by Gasteiger charge is -2.70. The molecular formula is C11H17N3O7. The smallest absolute Gasteiger partial charge is 0.311 e. The van der Waals surface area contributed by atoms with Crippen LogP contribution in [0.25, 0.3) is 0 Å². The molecule has 4 bridgehead atoms. The number of guanidine groups is 1. The van der Waals surface area contributed by atoms with Gasteiger partial charge in [-0.1, -0.05) is 0 Å². The lowest BCUT2D eigenvalue weighted by molar-refractivity contribution is -0.544. The Morgan fingerprint density at radius 3 is 2.62 bits per heavy atom. The lowest BCUT2D eigenvalue weighted by Crippen LogP contribution is -2.94. The van der Waals surface area contributed by atoms with Crippen molar-refractivity contribution >= 4 is 5.96 Å². The van der Waals surface area contributed by atoms with Gasteiger partial charge in [-0.15, -0.1) is 0 Å². The van der Waals surface area contributed by atoms with Gasteiger partial charge in [-0.2, -0.15) is 0 Å². The molecule has 8 N–H and O–H groups in total. The fourth-order valence-corrected chi connectivity index (χ4v) is 4.16. The molecule has 1 saturated carbocycles. The highest BCUT2D eigenvalue weighted by molar-refractivity contribution is 5.80. The predicted octanol–water partition coefficient (Wildman–Crippen LogP) is -4.84. The van der Waals surface area contributed by atoms with Crippen LogP contribution in [0.2, 0.25) is 0 Å². The van der Waals surface area contributed by atoms with Crippen molar-refractivity contribution in [2.24, 2.45) is 16.6 Å². The zero-order valence-corrected chi connectivity index (χ0v) is 10.9. The van der Waals surface area contributed by atoms with Gasteiger partial charge < -0.3 is 46.1 Å². The second-order valence-corrected chi connectivity index (χ2v) is 6.09. The highest BCUT2D eigenvalue weighted by Gasteiger charge is 2.81. The van der Waals surface area contributed by atoms with Gasteiger partial charge in [0.2, 0.25) is 0 Å². The first-order valence-corrected chi connectivity index (χ1v) is 6.65. The van der Waals surface area contributed by atoms with Gasteiger partial charge >= 0.3 is 5.97 Å². The number of aliphatic imine (C=N–C) groups is 1. The molecule has 5 rings (SSSR count). The van der Waals surface area contributed by atoms with Crippen LogP contribution in [0, 0.1) is 5.92 Å². The minimum Gasteiger partial charge on any atom is -0.393 e. The molecule has 4 aliphatic heterocycles.